The summed E-state index contributed by atoms with van der Waals surface area (Å²) in [6.07, 6.45) is 2.64. The lowest BCUT2D eigenvalue weighted by Gasteiger charge is -2.04. The van der Waals surface area contributed by atoms with Gasteiger partial charge in [-0.1, -0.05) is 12.1 Å². The summed E-state index contributed by atoms with van der Waals surface area (Å²) in [7, 11) is 1.65. The van der Waals surface area contributed by atoms with E-state index in [4.69, 9.17) is 10.5 Å². The van der Waals surface area contributed by atoms with Crippen molar-refractivity contribution in [2.45, 2.75) is 32.2 Å². The molecule has 0 aliphatic carbocycles. The van der Waals surface area contributed by atoms with Crippen LogP contribution >= 0.6 is 11.3 Å². The number of thiazole rings is 1. The molecule has 3 aromatic rings. The standard InChI is InChI=1S/C17H21N5O2S/c1-24-10-9-22-16(20-15(21-22)11-14(18)23)7-4-8-17-19-12-5-2-3-6-13(12)25-17/h2-3,5-6H,4,7-11H2,1H3,(H2,18,23). The van der Waals surface area contributed by atoms with Crippen molar-refractivity contribution in [1.82, 2.24) is 19.7 Å². The number of amides is 1. The SMILES string of the molecule is COCCn1nc(CC(N)=O)nc1CCCc1nc2ccccc2s1. The second-order valence-electron chi connectivity index (χ2n) is 5.73. The van der Waals surface area contributed by atoms with Crippen molar-refractivity contribution in [1.29, 1.82) is 0 Å². The fourth-order valence-electron chi connectivity index (χ4n) is 2.62. The molecule has 2 N–H and O–H groups in total. The highest BCUT2D eigenvalue weighted by Gasteiger charge is 2.12. The molecule has 0 atom stereocenters. The Morgan fingerprint density at radius 2 is 2.12 bits per heavy atom. The highest BCUT2D eigenvalue weighted by molar-refractivity contribution is 7.18. The number of aromatic nitrogens is 4. The average molecular weight is 359 g/mol. The van der Waals surface area contributed by atoms with Crippen molar-refractivity contribution in [3.63, 3.8) is 0 Å². The minimum Gasteiger partial charge on any atom is -0.383 e. The second-order valence-corrected chi connectivity index (χ2v) is 6.85. The van der Waals surface area contributed by atoms with Crippen molar-refractivity contribution in [2.75, 3.05) is 13.7 Å². The number of aryl methyl sites for hydroxylation is 2. The molecule has 25 heavy (non-hydrogen) atoms. The van der Waals surface area contributed by atoms with Gasteiger partial charge in [0.25, 0.3) is 0 Å². The van der Waals surface area contributed by atoms with Gasteiger partial charge in [0.2, 0.25) is 5.91 Å². The van der Waals surface area contributed by atoms with Crippen LogP contribution in [-0.2, 0) is 35.3 Å². The lowest BCUT2D eigenvalue weighted by atomic mass is 10.2. The number of hydrogen-bond donors (Lipinski definition) is 1. The third-order valence-corrected chi connectivity index (χ3v) is 4.86. The maximum absolute atomic E-state index is 11.1. The number of methoxy groups -OCH3 is 1. The van der Waals surface area contributed by atoms with Crippen LogP contribution in [0.25, 0.3) is 10.2 Å². The van der Waals surface area contributed by atoms with Gasteiger partial charge in [0.05, 0.1) is 34.8 Å². The zero-order chi connectivity index (χ0) is 17.6. The quantitative estimate of drug-likeness (QED) is 0.628. The first kappa shape index (κ1) is 17.5. The third-order valence-electron chi connectivity index (χ3n) is 3.76. The lowest BCUT2D eigenvalue weighted by molar-refractivity contribution is -0.117. The first-order valence-electron chi connectivity index (χ1n) is 8.20. The number of carbonyl (C=O) groups excluding carboxylic acids is 1. The number of primary amides is 1. The van der Waals surface area contributed by atoms with E-state index in [1.165, 1.54) is 4.70 Å². The van der Waals surface area contributed by atoms with Crippen LogP contribution in [-0.4, -0.2) is 39.4 Å². The van der Waals surface area contributed by atoms with Gasteiger partial charge in [-0.3, -0.25) is 4.79 Å². The van der Waals surface area contributed by atoms with Crippen molar-refractivity contribution in [2.24, 2.45) is 5.73 Å². The number of hydrogen-bond acceptors (Lipinski definition) is 6. The number of benzene rings is 1. The smallest absolute Gasteiger partial charge is 0.225 e. The average Bonchev–Trinajstić information content (AvgIpc) is 3.15. The zero-order valence-electron chi connectivity index (χ0n) is 14.1. The monoisotopic (exact) mass is 359 g/mol. The van der Waals surface area contributed by atoms with Gasteiger partial charge in [-0.15, -0.1) is 11.3 Å². The molecule has 7 nitrogen and oxygen atoms in total. The van der Waals surface area contributed by atoms with E-state index in [1.54, 1.807) is 23.1 Å². The van der Waals surface area contributed by atoms with E-state index in [9.17, 15) is 4.79 Å². The van der Waals surface area contributed by atoms with Crippen LogP contribution in [0.1, 0.15) is 23.1 Å². The molecule has 0 fully saturated rings. The van der Waals surface area contributed by atoms with Crippen LogP contribution in [0.2, 0.25) is 0 Å². The van der Waals surface area contributed by atoms with Crippen LogP contribution in [0.4, 0.5) is 0 Å². The Bertz CT molecular complexity index is 825. The topological polar surface area (TPSA) is 95.9 Å². The Morgan fingerprint density at radius 1 is 1.28 bits per heavy atom. The number of para-hydroxylation sites is 1. The van der Waals surface area contributed by atoms with Gasteiger partial charge in [0, 0.05) is 13.5 Å². The van der Waals surface area contributed by atoms with E-state index in [-0.39, 0.29) is 6.42 Å². The molecule has 2 heterocycles. The number of ether oxygens (including phenoxy) is 1. The van der Waals surface area contributed by atoms with E-state index in [0.717, 1.165) is 35.6 Å². The van der Waals surface area contributed by atoms with Crippen LogP contribution in [0.3, 0.4) is 0 Å². The van der Waals surface area contributed by atoms with E-state index < -0.39 is 5.91 Å². The molecule has 8 heteroatoms. The minimum atomic E-state index is -0.426. The summed E-state index contributed by atoms with van der Waals surface area (Å²) in [6.45, 7) is 1.16. The molecule has 2 aromatic heterocycles. The Balaban J connectivity index is 1.64. The van der Waals surface area contributed by atoms with Gasteiger partial charge in [-0.05, 0) is 25.0 Å². The molecule has 0 spiro atoms. The molecule has 0 saturated carbocycles. The van der Waals surface area contributed by atoms with Gasteiger partial charge in [0.1, 0.15) is 5.82 Å². The molecule has 0 unspecified atom stereocenters. The fraction of sp³-hybridized carbons (Fsp3) is 0.412. The maximum atomic E-state index is 11.1. The summed E-state index contributed by atoms with van der Waals surface area (Å²) in [5, 5.41) is 5.49. The van der Waals surface area contributed by atoms with Crippen molar-refractivity contribution in [3.05, 3.63) is 40.9 Å². The largest absolute Gasteiger partial charge is 0.383 e. The van der Waals surface area contributed by atoms with Crippen molar-refractivity contribution in [3.8, 4) is 0 Å². The van der Waals surface area contributed by atoms with Crippen molar-refractivity contribution < 1.29 is 9.53 Å². The summed E-state index contributed by atoms with van der Waals surface area (Å²) >= 11 is 1.73. The van der Waals surface area contributed by atoms with Gasteiger partial charge >= 0.3 is 0 Å². The number of carbonyl (C=O) groups is 1. The van der Waals surface area contributed by atoms with Crippen LogP contribution in [0.15, 0.2) is 24.3 Å². The van der Waals surface area contributed by atoms with E-state index in [0.29, 0.717) is 19.0 Å². The van der Waals surface area contributed by atoms with Gasteiger partial charge in [-0.25, -0.2) is 14.6 Å². The summed E-state index contributed by atoms with van der Waals surface area (Å²) < 4.78 is 8.13. The van der Waals surface area contributed by atoms with Gasteiger partial charge in [-0.2, -0.15) is 5.10 Å². The maximum Gasteiger partial charge on any atom is 0.225 e. The summed E-state index contributed by atoms with van der Waals surface area (Å²) in [5.74, 6) is 0.901. The lowest BCUT2D eigenvalue weighted by Crippen LogP contribution is -2.15. The molecule has 0 bridgehead atoms. The van der Waals surface area contributed by atoms with Crippen molar-refractivity contribution >= 4 is 27.5 Å². The predicted octanol–water partition coefficient (Wildman–Crippen LogP) is 1.74. The minimum absolute atomic E-state index is 0.0604. The van der Waals surface area contributed by atoms with Gasteiger partial charge in [0.15, 0.2) is 5.82 Å². The third kappa shape index (κ3) is 4.61. The molecular weight excluding hydrogens is 338 g/mol. The second kappa shape index (κ2) is 8.17. The van der Waals surface area contributed by atoms with Crippen LogP contribution in [0.5, 0.6) is 0 Å². The molecule has 0 aliphatic heterocycles. The molecule has 1 aromatic carbocycles. The summed E-state index contributed by atoms with van der Waals surface area (Å²) in [5.41, 5.74) is 6.29. The van der Waals surface area contributed by atoms with Gasteiger partial charge < -0.3 is 10.5 Å². The Morgan fingerprint density at radius 3 is 2.88 bits per heavy atom. The predicted molar refractivity (Wildman–Crippen MR) is 96.4 cm³/mol. The Kier molecular flexibility index (Phi) is 5.72. The number of nitrogens with two attached hydrogens (primary N) is 1. The number of rotatable bonds is 9. The Labute approximate surface area is 149 Å². The zero-order valence-corrected chi connectivity index (χ0v) is 15.0. The highest BCUT2D eigenvalue weighted by Crippen LogP contribution is 2.22. The molecule has 0 saturated heterocycles. The van der Waals surface area contributed by atoms with E-state index in [2.05, 4.69) is 21.1 Å². The molecule has 0 aliphatic rings. The summed E-state index contributed by atoms with van der Waals surface area (Å²) in [6, 6.07) is 8.16. The van der Waals surface area contributed by atoms with Crippen LogP contribution in [0, 0.1) is 0 Å². The molecule has 3 rings (SSSR count). The molecular formula is C17H21N5O2S. The Hall–Kier alpha value is -2.32. The first-order valence-corrected chi connectivity index (χ1v) is 9.01. The number of fused-ring (bicyclic) bond motifs is 1. The highest BCUT2D eigenvalue weighted by atomic mass is 32.1. The molecule has 0 radical (unpaired) electrons. The summed E-state index contributed by atoms with van der Waals surface area (Å²) in [4.78, 5) is 20.2. The first-order chi connectivity index (χ1) is 12.2. The van der Waals surface area contributed by atoms with E-state index in [1.807, 2.05) is 18.2 Å². The van der Waals surface area contributed by atoms with E-state index >= 15 is 0 Å². The normalized spacial score (nSPS) is 11.2. The molecule has 132 valence electrons. The fourth-order valence-corrected chi connectivity index (χ4v) is 3.63. The molecule has 1 amide bonds. The van der Waals surface area contributed by atoms with Crippen LogP contribution < -0.4 is 5.73 Å². The number of nitrogens with zero attached hydrogens (tertiary/aromatic N) is 4.